The Morgan fingerprint density at radius 3 is 2.38 bits per heavy atom. The van der Waals surface area contributed by atoms with E-state index in [1.54, 1.807) is 36.4 Å². The molecule has 32 heavy (non-hydrogen) atoms. The normalized spacial score (nSPS) is 11.9. The molecule has 0 saturated carbocycles. The molecule has 162 valence electrons. The molecule has 3 aromatic carbocycles. The molecular weight excluding hydrogens is 438 g/mol. The van der Waals surface area contributed by atoms with E-state index in [2.05, 4.69) is 4.99 Å². The first-order valence-corrected chi connectivity index (χ1v) is 10.6. The van der Waals surface area contributed by atoms with Gasteiger partial charge in [0.2, 0.25) is 0 Å². The first-order valence-electron chi connectivity index (χ1n) is 9.62. The summed E-state index contributed by atoms with van der Waals surface area (Å²) in [5.74, 6) is 0.196. The molecule has 0 atom stereocenters. The number of nitrogens with zero attached hydrogens (tertiary/aromatic N) is 3. The van der Waals surface area contributed by atoms with Crippen molar-refractivity contribution >= 4 is 18.0 Å². The molecule has 8 heteroatoms. The third-order valence-electron chi connectivity index (χ3n) is 4.54. The van der Waals surface area contributed by atoms with Gasteiger partial charge >= 0.3 is 6.30 Å². The van der Waals surface area contributed by atoms with Crippen molar-refractivity contribution in [1.82, 2.24) is 9.55 Å². The van der Waals surface area contributed by atoms with E-state index in [1.165, 1.54) is 23.9 Å². The van der Waals surface area contributed by atoms with Crippen molar-refractivity contribution in [2.75, 3.05) is 0 Å². The second-order valence-electron chi connectivity index (χ2n) is 6.88. The predicted octanol–water partition coefficient (Wildman–Crippen LogP) is 6.91. The average molecular weight is 455 g/mol. The number of aromatic nitrogens is 2. The minimum absolute atomic E-state index is 0.343. The summed E-state index contributed by atoms with van der Waals surface area (Å²) in [5, 5.41) is 0.678. The standard InChI is InChI=1S/C24H17F4N3S/c25-20-7-4-8-21(13-20)31-15-22(19-5-2-1-3-6-19)30-23(31)32-16-18-11-9-17(10-12-18)14-29-24(26,27)28/h1-15H,16H2/b29-14-. The number of imidazole rings is 1. The van der Waals surface area contributed by atoms with Gasteiger partial charge in [0.05, 0.1) is 11.4 Å². The zero-order valence-electron chi connectivity index (χ0n) is 16.6. The van der Waals surface area contributed by atoms with Gasteiger partial charge in [-0.15, -0.1) is 13.2 Å². The fourth-order valence-corrected chi connectivity index (χ4v) is 3.97. The van der Waals surface area contributed by atoms with Gasteiger partial charge in [-0.25, -0.2) is 9.37 Å². The second kappa shape index (κ2) is 9.40. The van der Waals surface area contributed by atoms with Crippen LogP contribution in [-0.4, -0.2) is 22.1 Å². The highest BCUT2D eigenvalue weighted by molar-refractivity contribution is 7.98. The average Bonchev–Trinajstić information content (AvgIpc) is 3.21. The van der Waals surface area contributed by atoms with Crippen LogP contribution in [0.3, 0.4) is 0 Å². The zero-order valence-corrected chi connectivity index (χ0v) is 17.4. The van der Waals surface area contributed by atoms with E-state index in [9.17, 15) is 17.6 Å². The van der Waals surface area contributed by atoms with Crippen molar-refractivity contribution in [3.05, 3.63) is 102 Å². The van der Waals surface area contributed by atoms with Crippen molar-refractivity contribution in [1.29, 1.82) is 0 Å². The van der Waals surface area contributed by atoms with Crippen LogP contribution in [-0.2, 0) is 5.75 Å². The van der Waals surface area contributed by atoms with Gasteiger partial charge in [0, 0.05) is 23.7 Å². The number of halogens is 4. The van der Waals surface area contributed by atoms with Gasteiger partial charge in [-0.1, -0.05) is 72.4 Å². The second-order valence-corrected chi connectivity index (χ2v) is 7.82. The Kier molecular flexibility index (Phi) is 6.41. The molecule has 0 bridgehead atoms. The first kappa shape index (κ1) is 21.8. The van der Waals surface area contributed by atoms with Gasteiger partial charge in [-0.3, -0.25) is 4.57 Å². The van der Waals surface area contributed by atoms with E-state index < -0.39 is 6.30 Å². The summed E-state index contributed by atoms with van der Waals surface area (Å²) in [6.45, 7) is 0. The Hall–Kier alpha value is -3.39. The van der Waals surface area contributed by atoms with Gasteiger partial charge in [-0.2, -0.15) is 4.99 Å². The van der Waals surface area contributed by atoms with Crippen LogP contribution in [0, 0.1) is 5.82 Å². The Labute approximate surface area is 186 Å². The topological polar surface area (TPSA) is 30.2 Å². The van der Waals surface area contributed by atoms with E-state index >= 15 is 0 Å². The fraction of sp³-hybridized carbons (Fsp3) is 0.0833. The summed E-state index contributed by atoms with van der Waals surface area (Å²) < 4.78 is 52.3. The molecule has 0 N–H and O–H groups in total. The van der Waals surface area contributed by atoms with Crippen molar-refractivity contribution in [3.63, 3.8) is 0 Å². The smallest absolute Gasteiger partial charge is 0.294 e. The lowest BCUT2D eigenvalue weighted by Gasteiger charge is -2.08. The Morgan fingerprint density at radius 2 is 1.69 bits per heavy atom. The number of hydrogen-bond acceptors (Lipinski definition) is 3. The van der Waals surface area contributed by atoms with Gasteiger partial charge < -0.3 is 0 Å². The quantitative estimate of drug-likeness (QED) is 0.137. The van der Waals surface area contributed by atoms with Crippen LogP contribution in [0.1, 0.15) is 11.1 Å². The van der Waals surface area contributed by atoms with Crippen molar-refractivity contribution in [2.45, 2.75) is 17.2 Å². The summed E-state index contributed by atoms with van der Waals surface area (Å²) in [5.41, 5.74) is 3.63. The molecule has 0 fully saturated rings. The molecule has 0 saturated heterocycles. The van der Waals surface area contributed by atoms with E-state index in [0.29, 0.717) is 22.2 Å². The molecule has 0 aliphatic heterocycles. The minimum atomic E-state index is -4.58. The molecule has 4 rings (SSSR count). The highest BCUT2D eigenvalue weighted by Crippen LogP contribution is 2.29. The molecule has 0 spiro atoms. The lowest BCUT2D eigenvalue weighted by Crippen LogP contribution is -2.02. The van der Waals surface area contributed by atoms with Gasteiger partial charge in [0.15, 0.2) is 5.16 Å². The highest BCUT2D eigenvalue weighted by Gasteiger charge is 2.24. The van der Waals surface area contributed by atoms with Crippen LogP contribution in [0.15, 0.2) is 95.2 Å². The molecule has 0 radical (unpaired) electrons. The Bertz CT molecular complexity index is 1220. The van der Waals surface area contributed by atoms with Gasteiger partial charge in [0.25, 0.3) is 0 Å². The molecule has 0 aliphatic carbocycles. The van der Waals surface area contributed by atoms with Crippen LogP contribution < -0.4 is 0 Å². The lowest BCUT2D eigenvalue weighted by atomic mass is 10.2. The first-order chi connectivity index (χ1) is 15.4. The maximum Gasteiger partial charge on any atom is 0.503 e. The summed E-state index contributed by atoms with van der Waals surface area (Å²) in [7, 11) is 0. The molecule has 0 unspecified atom stereocenters. The van der Waals surface area contributed by atoms with Gasteiger partial charge in [-0.05, 0) is 29.3 Å². The van der Waals surface area contributed by atoms with E-state index in [1.807, 2.05) is 41.1 Å². The molecule has 1 heterocycles. The molecule has 0 aliphatic rings. The largest absolute Gasteiger partial charge is 0.503 e. The van der Waals surface area contributed by atoms with E-state index in [4.69, 9.17) is 4.98 Å². The SMILES string of the molecule is Fc1cccc(-n2cc(-c3ccccc3)nc2SCc2ccc(/C=N\C(F)(F)F)cc2)c1. The third kappa shape index (κ3) is 5.64. The zero-order chi connectivity index (χ0) is 22.6. The highest BCUT2D eigenvalue weighted by atomic mass is 32.2. The van der Waals surface area contributed by atoms with Crippen LogP contribution >= 0.6 is 11.8 Å². The number of benzene rings is 3. The lowest BCUT2D eigenvalue weighted by molar-refractivity contribution is -0.119. The van der Waals surface area contributed by atoms with Crippen molar-refractivity contribution < 1.29 is 17.6 Å². The van der Waals surface area contributed by atoms with E-state index in [-0.39, 0.29) is 5.82 Å². The molecular formula is C24H17F4N3S. The van der Waals surface area contributed by atoms with Crippen molar-refractivity contribution in [3.8, 4) is 16.9 Å². The van der Waals surface area contributed by atoms with Crippen molar-refractivity contribution in [2.24, 2.45) is 4.99 Å². The molecule has 4 aromatic rings. The Morgan fingerprint density at radius 1 is 0.938 bits per heavy atom. The van der Waals surface area contributed by atoms with Crippen LogP contribution in [0.5, 0.6) is 0 Å². The predicted molar refractivity (Wildman–Crippen MR) is 119 cm³/mol. The third-order valence-corrected chi connectivity index (χ3v) is 5.56. The summed E-state index contributed by atoms with van der Waals surface area (Å²) >= 11 is 1.46. The van der Waals surface area contributed by atoms with Crippen LogP contribution in [0.4, 0.5) is 17.6 Å². The monoisotopic (exact) mass is 455 g/mol. The summed E-state index contributed by atoms with van der Waals surface area (Å²) in [6.07, 6.45) is -1.93. The number of rotatable bonds is 6. The number of alkyl halides is 3. The molecule has 0 amide bonds. The Balaban J connectivity index is 1.57. The molecule has 3 nitrogen and oxygen atoms in total. The van der Waals surface area contributed by atoms with E-state index in [0.717, 1.165) is 23.0 Å². The summed E-state index contributed by atoms with van der Waals surface area (Å²) in [4.78, 5) is 7.29. The minimum Gasteiger partial charge on any atom is -0.294 e. The van der Waals surface area contributed by atoms with Crippen LogP contribution in [0.25, 0.3) is 16.9 Å². The number of hydrogen-bond donors (Lipinski definition) is 0. The fourth-order valence-electron chi connectivity index (χ4n) is 3.02. The maximum atomic E-state index is 13.8. The number of aliphatic imine (C=N–C) groups is 1. The summed E-state index contributed by atoms with van der Waals surface area (Å²) in [6, 6.07) is 22.6. The number of thioether (sulfide) groups is 1. The maximum absolute atomic E-state index is 13.8. The van der Waals surface area contributed by atoms with Gasteiger partial charge in [0.1, 0.15) is 5.82 Å². The van der Waals surface area contributed by atoms with Crippen LogP contribution in [0.2, 0.25) is 0 Å². The molecule has 1 aromatic heterocycles.